The molecule has 0 heterocycles. The van der Waals surface area contributed by atoms with Crippen LogP contribution in [0.25, 0.3) is 0 Å². The van der Waals surface area contributed by atoms with Gasteiger partial charge in [0.2, 0.25) is 15.9 Å². The van der Waals surface area contributed by atoms with E-state index in [0.29, 0.717) is 22.8 Å². The summed E-state index contributed by atoms with van der Waals surface area (Å²) in [5, 5.41) is 2.60. The lowest BCUT2D eigenvalue weighted by molar-refractivity contribution is -0.114. The Hall–Kier alpha value is -3.57. The smallest absolute Gasteiger partial charge is 0.261 e. The number of carbonyl (C=O) groups is 1. The van der Waals surface area contributed by atoms with E-state index in [0.717, 1.165) is 21.7 Å². The van der Waals surface area contributed by atoms with E-state index >= 15 is 0 Å². The lowest BCUT2D eigenvalue weighted by Gasteiger charge is -2.22. The molecule has 2 N–H and O–H groups in total. The van der Waals surface area contributed by atoms with Crippen LogP contribution in [-0.4, -0.2) is 42.7 Å². The first kappa shape index (κ1) is 26.0. The molecule has 0 aliphatic rings. The zero-order valence-electron chi connectivity index (χ0n) is 19.8. The molecule has 9 nitrogen and oxygen atoms in total. The fraction of sp³-hybridized carbons (Fsp3) is 0.208. The summed E-state index contributed by atoms with van der Waals surface area (Å²) in [5.41, 5.74) is 2.83. The molecule has 0 atom stereocenters. The average Bonchev–Trinajstić information content (AvgIpc) is 2.79. The van der Waals surface area contributed by atoms with Gasteiger partial charge < -0.3 is 10.1 Å². The summed E-state index contributed by atoms with van der Waals surface area (Å²) in [6.07, 6.45) is 1.01. The summed E-state index contributed by atoms with van der Waals surface area (Å²) in [6, 6.07) is 17.3. The fourth-order valence-electron chi connectivity index (χ4n) is 3.25. The molecule has 0 saturated heterocycles. The van der Waals surface area contributed by atoms with Crippen LogP contribution >= 0.6 is 0 Å². The Bertz CT molecular complexity index is 1420. The first-order valence-corrected chi connectivity index (χ1v) is 13.8. The molecular weight excluding hydrogens is 490 g/mol. The van der Waals surface area contributed by atoms with Gasteiger partial charge >= 0.3 is 0 Å². The second-order valence-corrected chi connectivity index (χ2v) is 11.6. The van der Waals surface area contributed by atoms with Gasteiger partial charge in [-0.2, -0.15) is 0 Å². The molecule has 3 aromatic carbocycles. The minimum Gasteiger partial charge on any atom is -0.497 e. The standard InChI is InChI=1S/C24H27N3O6S2/c1-17-5-6-18(2)23(15-17)26-35(31,32)22-13-7-19(8-14-22)25-24(28)16-27(34(4,29)30)20-9-11-21(33-3)12-10-20/h5-15,26H,16H2,1-4H3,(H,25,28). The van der Waals surface area contributed by atoms with Crippen molar-refractivity contribution in [3.05, 3.63) is 77.9 Å². The SMILES string of the molecule is COc1ccc(N(CC(=O)Nc2ccc(S(=O)(=O)Nc3cc(C)ccc3C)cc2)S(C)(=O)=O)cc1. The summed E-state index contributed by atoms with van der Waals surface area (Å²) in [5.74, 6) is -0.0379. The molecule has 0 unspecified atom stereocenters. The highest BCUT2D eigenvalue weighted by Gasteiger charge is 2.21. The number of anilines is 3. The normalized spacial score (nSPS) is 11.5. The third-order valence-corrected chi connectivity index (χ3v) is 7.66. The molecule has 0 saturated carbocycles. The van der Waals surface area contributed by atoms with Crippen LogP contribution in [-0.2, 0) is 24.8 Å². The van der Waals surface area contributed by atoms with Crippen LogP contribution in [0.4, 0.5) is 17.1 Å². The van der Waals surface area contributed by atoms with Crippen LogP contribution < -0.4 is 19.1 Å². The van der Waals surface area contributed by atoms with Gasteiger partial charge in [-0.15, -0.1) is 0 Å². The monoisotopic (exact) mass is 517 g/mol. The number of methoxy groups -OCH3 is 1. The second-order valence-electron chi connectivity index (χ2n) is 7.96. The average molecular weight is 518 g/mol. The predicted octanol–water partition coefficient (Wildman–Crippen LogP) is 3.52. The van der Waals surface area contributed by atoms with Gasteiger partial charge in [-0.25, -0.2) is 16.8 Å². The molecule has 3 rings (SSSR count). The molecule has 0 aliphatic carbocycles. The van der Waals surface area contributed by atoms with Gasteiger partial charge in [0.05, 0.1) is 29.6 Å². The van der Waals surface area contributed by atoms with Crippen molar-refractivity contribution in [3.63, 3.8) is 0 Å². The lowest BCUT2D eigenvalue weighted by atomic mass is 10.1. The van der Waals surface area contributed by atoms with Crippen LogP contribution in [0, 0.1) is 13.8 Å². The Morgan fingerprint density at radius 2 is 1.54 bits per heavy atom. The Morgan fingerprint density at radius 3 is 2.11 bits per heavy atom. The molecular formula is C24H27N3O6S2. The molecule has 3 aromatic rings. The summed E-state index contributed by atoms with van der Waals surface area (Å²) in [4.78, 5) is 12.6. The van der Waals surface area contributed by atoms with Crippen molar-refractivity contribution in [2.75, 3.05) is 34.3 Å². The van der Waals surface area contributed by atoms with Gasteiger partial charge in [0.15, 0.2) is 0 Å². The molecule has 11 heteroatoms. The molecule has 0 fully saturated rings. The first-order valence-electron chi connectivity index (χ1n) is 10.5. The first-order chi connectivity index (χ1) is 16.4. The Balaban J connectivity index is 1.72. The largest absolute Gasteiger partial charge is 0.497 e. The second kappa shape index (κ2) is 10.4. The van der Waals surface area contributed by atoms with Crippen LogP contribution in [0.2, 0.25) is 0 Å². The number of benzene rings is 3. The minimum absolute atomic E-state index is 0.0207. The molecule has 0 aliphatic heterocycles. The van der Waals surface area contributed by atoms with Crippen molar-refractivity contribution in [1.29, 1.82) is 0 Å². The fourth-order valence-corrected chi connectivity index (χ4v) is 5.22. The molecule has 35 heavy (non-hydrogen) atoms. The van der Waals surface area contributed by atoms with Crippen LogP contribution in [0.15, 0.2) is 71.6 Å². The third-order valence-electron chi connectivity index (χ3n) is 5.13. The quantitative estimate of drug-likeness (QED) is 0.448. The van der Waals surface area contributed by atoms with Crippen molar-refractivity contribution in [2.24, 2.45) is 0 Å². The van der Waals surface area contributed by atoms with E-state index in [-0.39, 0.29) is 4.90 Å². The maximum atomic E-state index is 12.8. The molecule has 0 aromatic heterocycles. The minimum atomic E-state index is -3.84. The van der Waals surface area contributed by atoms with E-state index in [2.05, 4.69) is 10.0 Å². The molecule has 186 valence electrons. The summed E-state index contributed by atoms with van der Waals surface area (Å²) in [6.45, 7) is 3.22. The van der Waals surface area contributed by atoms with E-state index < -0.39 is 32.5 Å². The number of hydrogen-bond acceptors (Lipinski definition) is 6. The van der Waals surface area contributed by atoms with Crippen LogP contribution in [0.5, 0.6) is 5.75 Å². The number of sulfonamides is 2. The van der Waals surface area contributed by atoms with Crippen molar-refractivity contribution in [1.82, 2.24) is 0 Å². The van der Waals surface area contributed by atoms with Gasteiger partial charge in [0, 0.05) is 5.69 Å². The summed E-state index contributed by atoms with van der Waals surface area (Å²) < 4.78 is 58.7. The Kier molecular flexibility index (Phi) is 7.71. The zero-order chi connectivity index (χ0) is 25.8. The third kappa shape index (κ3) is 6.74. The number of carbonyl (C=O) groups excluding carboxylic acids is 1. The highest BCUT2D eigenvalue weighted by Crippen LogP contribution is 2.23. The van der Waals surface area contributed by atoms with E-state index in [1.807, 2.05) is 26.0 Å². The molecule has 0 radical (unpaired) electrons. The van der Waals surface area contributed by atoms with E-state index in [4.69, 9.17) is 4.74 Å². The molecule has 1 amide bonds. The maximum absolute atomic E-state index is 12.8. The summed E-state index contributed by atoms with van der Waals surface area (Å²) >= 11 is 0. The highest BCUT2D eigenvalue weighted by atomic mass is 32.2. The van der Waals surface area contributed by atoms with Crippen molar-refractivity contribution in [2.45, 2.75) is 18.7 Å². The van der Waals surface area contributed by atoms with Crippen LogP contribution in [0.3, 0.4) is 0 Å². The Morgan fingerprint density at radius 1 is 0.914 bits per heavy atom. The number of nitrogens with one attached hydrogen (secondary N) is 2. The van der Waals surface area contributed by atoms with Crippen molar-refractivity contribution >= 4 is 43.0 Å². The number of hydrogen-bond donors (Lipinski definition) is 2. The summed E-state index contributed by atoms with van der Waals surface area (Å²) in [7, 11) is -6.09. The van der Waals surface area contributed by atoms with Gasteiger partial charge in [-0.1, -0.05) is 12.1 Å². The highest BCUT2D eigenvalue weighted by molar-refractivity contribution is 7.92. The number of aryl methyl sites for hydroxylation is 2. The van der Waals surface area contributed by atoms with Gasteiger partial charge in [-0.05, 0) is 79.6 Å². The number of ether oxygens (including phenoxy) is 1. The number of rotatable bonds is 9. The maximum Gasteiger partial charge on any atom is 0.261 e. The Labute approximate surface area is 205 Å². The van der Waals surface area contributed by atoms with E-state index in [9.17, 15) is 21.6 Å². The lowest BCUT2D eigenvalue weighted by Crippen LogP contribution is -2.37. The number of amides is 1. The van der Waals surface area contributed by atoms with Crippen molar-refractivity contribution in [3.8, 4) is 5.75 Å². The zero-order valence-corrected chi connectivity index (χ0v) is 21.4. The number of nitrogens with zero attached hydrogens (tertiary/aromatic N) is 1. The van der Waals surface area contributed by atoms with E-state index in [1.165, 1.54) is 43.5 Å². The topological polar surface area (TPSA) is 122 Å². The van der Waals surface area contributed by atoms with Crippen LogP contribution in [0.1, 0.15) is 11.1 Å². The van der Waals surface area contributed by atoms with Gasteiger partial charge in [-0.3, -0.25) is 13.8 Å². The van der Waals surface area contributed by atoms with Gasteiger partial charge in [0.1, 0.15) is 12.3 Å². The van der Waals surface area contributed by atoms with Gasteiger partial charge in [0.25, 0.3) is 10.0 Å². The van der Waals surface area contributed by atoms with E-state index in [1.54, 1.807) is 18.2 Å². The molecule has 0 bridgehead atoms. The predicted molar refractivity (Wildman–Crippen MR) is 137 cm³/mol. The van der Waals surface area contributed by atoms with Crippen molar-refractivity contribution < 1.29 is 26.4 Å². The molecule has 0 spiro atoms.